The van der Waals surface area contributed by atoms with Gasteiger partial charge in [0.25, 0.3) is 0 Å². The standard InChI is InChI=1S/C19H28N6O2.HI/c1-4-20-19(21-11-14-5-8-16(27-3)9-6-14)22-15-7-10-18-23-17(13-26-2)24-25(18)12-15;/h5-6,8-9,15H,4,7,10-13H2,1-3H3,(H2,20,21,22);1H. The van der Waals surface area contributed by atoms with E-state index in [4.69, 9.17) is 14.5 Å². The van der Waals surface area contributed by atoms with E-state index in [1.54, 1.807) is 14.2 Å². The van der Waals surface area contributed by atoms with Crippen LogP contribution >= 0.6 is 24.0 Å². The van der Waals surface area contributed by atoms with Crippen LogP contribution in [-0.4, -0.2) is 47.5 Å². The van der Waals surface area contributed by atoms with Gasteiger partial charge >= 0.3 is 0 Å². The summed E-state index contributed by atoms with van der Waals surface area (Å²) in [5.41, 5.74) is 1.14. The maximum absolute atomic E-state index is 5.20. The summed E-state index contributed by atoms with van der Waals surface area (Å²) >= 11 is 0. The molecule has 0 aliphatic carbocycles. The van der Waals surface area contributed by atoms with E-state index < -0.39 is 0 Å². The number of aliphatic imine (C=N–C) groups is 1. The highest BCUT2D eigenvalue weighted by atomic mass is 127. The van der Waals surface area contributed by atoms with E-state index in [-0.39, 0.29) is 30.0 Å². The third-order valence-corrected chi connectivity index (χ3v) is 4.44. The van der Waals surface area contributed by atoms with Crippen LogP contribution < -0.4 is 15.4 Å². The summed E-state index contributed by atoms with van der Waals surface area (Å²) < 4.78 is 12.3. The summed E-state index contributed by atoms with van der Waals surface area (Å²) in [6.45, 7) is 4.72. The number of rotatable bonds is 7. The summed E-state index contributed by atoms with van der Waals surface area (Å²) in [6, 6.07) is 8.24. The number of aromatic nitrogens is 3. The predicted molar refractivity (Wildman–Crippen MR) is 119 cm³/mol. The summed E-state index contributed by atoms with van der Waals surface area (Å²) in [4.78, 5) is 9.24. The summed E-state index contributed by atoms with van der Waals surface area (Å²) in [5, 5.41) is 11.4. The molecule has 0 fully saturated rings. The minimum Gasteiger partial charge on any atom is -0.497 e. The highest BCUT2D eigenvalue weighted by molar-refractivity contribution is 14.0. The first-order chi connectivity index (χ1) is 13.2. The fourth-order valence-electron chi connectivity index (χ4n) is 3.08. The van der Waals surface area contributed by atoms with Gasteiger partial charge in [0.05, 0.1) is 20.2 Å². The second kappa shape index (κ2) is 11.2. The van der Waals surface area contributed by atoms with Gasteiger partial charge in [-0.3, -0.25) is 0 Å². The van der Waals surface area contributed by atoms with E-state index in [9.17, 15) is 0 Å². The normalized spacial score (nSPS) is 16.1. The largest absolute Gasteiger partial charge is 0.497 e. The molecule has 0 bridgehead atoms. The van der Waals surface area contributed by atoms with Gasteiger partial charge in [-0.05, 0) is 31.0 Å². The van der Waals surface area contributed by atoms with Crippen LogP contribution in [0.4, 0.5) is 0 Å². The number of nitrogens with one attached hydrogen (secondary N) is 2. The summed E-state index contributed by atoms with van der Waals surface area (Å²) in [6.07, 6.45) is 1.89. The number of fused-ring (bicyclic) bond motifs is 1. The lowest BCUT2D eigenvalue weighted by molar-refractivity contribution is 0.177. The topological polar surface area (TPSA) is 85.6 Å². The Balaban J connectivity index is 0.00000280. The molecule has 1 atom stereocenters. The smallest absolute Gasteiger partial charge is 0.191 e. The second-order valence-corrected chi connectivity index (χ2v) is 6.48. The van der Waals surface area contributed by atoms with Crippen molar-refractivity contribution >= 4 is 29.9 Å². The van der Waals surface area contributed by atoms with Crippen molar-refractivity contribution in [3.63, 3.8) is 0 Å². The highest BCUT2D eigenvalue weighted by Gasteiger charge is 2.22. The molecule has 1 unspecified atom stereocenters. The number of halogens is 1. The lowest BCUT2D eigenvalue weighted by atomic mass is 10.1. The minimum atomic E-state index is 0. The molecule has 9 heteroatoms. The Morgan fingerprint density at radius 1 is 1.29 bits per heavy atom. The van der Waals surface area contributed by atoms with Gasteiger partial charge < -0.3 is 20.1 Å². The molecular weight excluding hydrogens is 471 g/mol. The molecule has 154 valence electrons. The number of hydrogen-bond donors (Lipinski definition) is 2. The van der Waals surface area contributed by atoms with E-state index in [0.717, 1.165) is 54.9 Å². The average molecular weight is 500 g/mol. The number of aryl methyl sites for hydroxylation is 1. The Kier molecular flexibility index (Phi) is 8.97. The molecule has 2 aromatic rings. The predicted octanol–water partition coefficient (Wildman–Crippen LogP) is 2.12. The molecule has 0 saturated carbocycles. The molecule has 3 rings (SSSR count). The molecular formula is C19H29IN6O2. The first-order valence-electron chi connectivity index (χ1n) is 9.31. The molecule has 0 spiro atoms. The number of ether oxygens (including phenoxy) is 2. The van der Waals surface area contributed by atoms with Crippen LogP contribution in [0, 0.1) is 0 Å². The van der Waals surface area contributed by atoms with E-state index in [0.29, 0.717) is 13.2 Å². The number of nitrogens with zero attached hydrogens (tertiary/aromatic N) is 4. The van der Waals surface area contributed by atoms with Crippen LogP contribution in [0.1, 0.15) is 30.6 Å². The van der Waals surface area contributed by atoms with Gasteiger partial charge in [-0.15, -0.1) is 24.0 Å². The third kappa shape index (κ3) is 6.06. The van der Waals surface area contributed by atoms with E-state index in [1.807, 2.05) is 28.9 Å². The van der Waals surface area contributed by atoms with Crippen molar-refractivity contribution in [1.82, 2.24) is 25.4 Å². The van der Waals surface area contributed by atoms with Crippen LogP contribution in [0.25, 0.3) is 0 Å². The van der Waals surface area contributed by atoms with Crippen molar-refractivity contribution in [2.75, 3.05) is 20.8 Å². The summed E-state index contributed by atoms with van der Waals surface area (Å²) in [5.74, 6) is 3.44. The molecule has 2 heterocycles. The molecule has 0 amide bonds. The van der Waals surface area contributed by atoms with Crippen LogP contribution in [0.5, 0.6) is 5.75 Å². The van der Waals surface area contributed by atoms with Gasteiger partial charge in [0.15, 0.2) is 11.8 Å². The Morgan fingerprint density at radius 2 is 2.07 bits per heavy atom. The molecule has 8 nitrogen and oxygen atoms in total. The lowest BCUT2D eigenvalue weighted by Gasteiger charge is -2.25. The van der Waals surface area contributed by atoms with Gasteiger partial charge in [0.2, 0.25) is 0 Å². The molecule has 0 saturated heterocycles. The van der Waals surface area contributed by atoms with Crippen molar-refractivity contribution in [2.45, 2.75) is 45.5 Å². The van der Waals surface area contributed by atoms with Crippen molar-refractivity contribution in [1.29, 1.82) is 0 Å². The van der Waals surface area contributed by atoms with Crippen LogP contribution in [0.15, 0.2) is 29.3 Å². The Morgan fingerprint density at radius 3 is 2.75 bits per heavy atom. The van der Waals surface area contributed by atoms with Crippen LogP contribution in [-0.2, 0) is 30.9 Å². The average Bonchev–Trinajstić information content (AvgIpc) is 3.08. The molecule has 1 aromatic carbocycles. The van der Waals surface area contributed by atoms with Crippen molar-refractivity contribution < 1.29 is 9.47 Å². The maximum Gasteiger partial charge on any atom is 0.191 e. The molecule has 1 aliphatic heterocycles. The molecule has 1 aliphatic rings. The van der Waals surface area contributed by atoms with Crippen molar-refractivity contribution in [2.24, 2.45) is 4.99 Å². The Hall–Kier alpha value is -1.88. The van der Waals surface area contributed by atoms with Gasteiger partial charge in [-0.1, -0.05) is 12.1 Å². The second-order valence-electron chi connectivity index (χ2n) is 6.48. The van der Waals surface area contributed by atoms with Crippen molar-refractivity contribution in [3.05, 3.63) is 41.5 Å². The zero-order chi connectivity index (χ0) is 19.1. The zero-order valence-corrected chi connectivity index (χ0v) is 19.0. The number of benzene rings is 1. The van der Waals surface area contributed by atoms with Gasteiger partial charge in [-0.2, -0.15) is 5.10 Å². The maximum atomic E-state index is 5.20. The SMILES string of the molecule is CCNC(=NCc1ccc(OC)cc1)NC1CCc2nc(COC)nn2C1.I. The van der Waals surface area contributed by atoms with Crippen LogP contribution in [0.3, 0.4) is 0 Å². The van der Waals surface area contributed by atoms with E-state index in [2.05, 4.69) is 27.6 Å². The molecule has 1 aromatic heterocycles. The molecule has 28 heavy (non-hydrogen) atoms. The molecule has 2 N–H and O–H groups in total. The minimum absolute atomic E-state index is 0. The highest BCUT2D eigenvalue weighted by Crippen LogP contribution is 2.14. The van der Waals surface area contributed by atoms with Crippen LogP contribution in [0.2, 0.25) is 0 Å². The first kappa shape index (κ1) is 22.4. The Bertz CT molecular complexity index is 762. The number of guanidine groups is 1. The monoisotopic (exact) mass is 500 g/mol. The van der Waals surface area contributed by atoms with E-state index >= 15 is 0 Å². The van der Waals surface area contributed by atoms with Gasteiger partial charge in [0.1, 0.15) is 18.2 Å². The lowest BCUT2D eigenvalue weighted by Crippen LogP contribution is -2.47. The van der Waals surface area contributed by atoms with Crippen molar-refractivity contribution in [3.8, 4) is 5.75 Å². The fraction of sp³-hybridized carbons (Fsp3) is 0.526. The van der Waals surface area contributed by atoms with E-state index in [1.165, 1.54) is 0 Å². The molecule has 0 radical (unpaired) electrons. The first-order valence-corrected chi connectivity index (χ1v) is 9.31. The fourth-order valence-corrected chi connectivity index (χ4v) is 3.08. The number of methoxy groups -OCH3 is 2. The van der Waals surface area contributed by atoms with Gasteiger partial charge in [0, 0.05) is 26.1 Å². The quantitative estimate of drug-likeness (QED) is 0.344. The van der Waals surface area contributed by atoms with Gasteiger partial charge in [-0.25, -0.2) is 14.7 Å². The summed E-state index contributed by atoms with van der Waals surface area (Å²) in [7, 11) is 3.33. The zero-order valence-electron chi connectivity index (χ0n) is 16.6. The number of hydrogen-bond acceptors (Lipinski definition) is 5. The Labute approximate surface area is 183 Å². The third-order valence-electron chi connectivity index (χ3n) is 4.44.